The molecule has 0 aromatic heterocycles. The smallest absolute Gasteiger partial charge is 0.335 e. The van der Waals surface area contributed by atoms with E-state index in [-0.39, 0.29) is 23.1 Å². The van der Waals surface area contributed by atoms with Crippen molar-refractivity contribution in [2.24, 2.45) is 0 Å². The van der Waals surface area contributed by atoms with Gasteiger partial charge in [0.1, 0.15) is 11.6 Å². The number of amides is 1. The van der Waals surface area contributed by atoms with Crippen molar-refractivity contribution >= 4 is 17.6 Å². The van der Waals surface area contributed by atoms with Crippen LogP contribution in [0.2, 0.25) is 0 Å². The van der Waals surface area contributed by atoms with E-state index in [0.29, 0.717) is 31.9 Å². The fourth-order valence-electron chi connectivity index (χ4n) is 4.28. The molecule has 0 spiro atoms. The molecule has 0 bridgehead atoms. The summed E-state index contributed by atoms with van der Waals surface area (Å²) >= 11 is 0. The number of hydrogen-bond donors (Lipinski definition) is 2. The van der Waals surface area contributed by atoms with Crippen molar-refractivity contribution in [1.82, 2.24) is 9.80 Å². The topological polar surface area (TPSA) is 96.7 Å². The van der Waals surface area contributed by atoms with E-state index in [1.807, 2.05) is 42.5 Å². The molecule has 2 N–H and O–H groups in total. The minimum Gasteiger partial charge on any atom is -0.478 e. The molecule has 4 rings (SSSR count). The second kappa shape index (κ2) is 11.1. The third kappa shape index (κ3) is 5.75. The normalized spacial score (nSPS) is 14.4. The molecule has 1 saturated heterocycles. The highest BCUT2D eigenvalue weighted by Crippen LogP contribution is 2.29. The first-order valence-electron chi connectivity index (χ1n) is 11.4. The number of benzene rings is 3. The van der Waals surface area contributed by atoms with Gasteiger partial charge in [0.15, 0.2) is 0 Å². The van der Waals surface area contributed by atoms with Gasteiger partial charge < -0.3 is 15.3 Å². The summed E-state index contributed by atoms with van der Waals surface area (Å²) in [5, 5.41) is 21.6. The number of anilines is 1. The summed E-state index contributed by atoms with van der Waals surface area (Å²) in [6.07, 6.45) is 1.34. The number of carbonyl (C=O) groups excluding carboxylic acids is 1. The Balaban J connectivity index is 1.44. The molecule has 0 saturated carbocycles. The fourth-order valence-corrected chi connectivity index (χ4v) is 4.28. The predicted octanol–water partition coefficient (Wildman–Crippen LogP) is 4.14. The number of nitrogens with zero attached hydrogens (tertiary/aromatic N) is 3. The Morgan fingerprint density at radius 1 is 0.886 bits per heavy atom. The predicted molar refractivity (Wildman–Crippen MR) is 134 cm³/mol. The van der Waals surface area contributed by atoms with E-state index in [4.69, 9.17) is 5.11 Å². The molecule has 1 heterocycles. The molecule has 3 aromatic rings. The van der Waals surface area contributed by atoms with E-state index in [0.717, 1.165) is 0 Å². The Kier molecular flexibility index (Phi) is 7.56. The maximum absolute atomic E-state index is 13.0. The first-order valence-corrected chi connectivity index (χ1v) is 11.4. The van der Waals surface area contributed by atoms with Crippen molar-refractivity contribution in [3.63, 3.8) is 0 Å². The van der Waals surface area contributed by atoms with Crippen molar-refractivity contribution in [3.05, 3.63) is 113 Å². The van der Waals surface area contributed by atoms with Gasteiger partial charge >= 0.3 is 5.97 Å². The van der Waals surface area contributed by atoms with E-state index in [2.05, 4.69) is 34.5 Å². The van der Waals surface area contributed by atoms with Crippen molar-refractivity contribution in [1.29, 1.82) is 5.26 Å². The average Bonchev–Trinajstić information content (AvgIpc) is 2.91. The minimum absolute atomic E-state index is 0.0261. The van der Waals surface area contributed by atoms with Crippen molar-refractivity contribution in [2.45, 2.75) is 6.04 Å². The van der Waals surface area contributed by atoms with Gasteiger partial charge in [0.25, 0.3) is 5.91 Å². The van der Waals surface area contributed by atoms with Gasteiger partial charge in [-0.05, 0) is 29.3 Å². The van der Waals surface area contributed by atoms with Gasteiger partial charge in [-0.1, -0.05) is 66.7 Å². The number of carboxylic acids is 1. The lowest BCUT2D eigenvalue weighted by molar-refractivity contribution is -0.128. The van der Waals surface area contributed by atoms with Crippen LogP contribution in [-0.4, -0.2) is 53.0 Å². The molecule has 0 radical (unpaired) electrons. The van der Waals surface area contributed by atoms with Crippen molar-refractivity contribution in [3.8, 4) is 6.07 Å². The van der Waals surface area contributed by atoms with Crippen LogP contribution in [-0.2, 0) is 4.79 Å². The van der Waals surface area contributed by atoms with E-state index >= 15 is 0 Å². The third-order valence-electron chi connectivity index (χ3n) is 6.04. The van der Waals surface area contributed by atoms with Crippen LogP contribution in [0.25, 0.3) is 0 Å². The maximum atomic E-state index is 13.0. The number of nitrogens with one attached hydrogen (secondary N) is 1. The average molecular weight is 467 g/mol. The Bertz CT molecular complexity index is 1200. The van der Waals surface area contributed by atoms with Crippen molar-refractivity contribution in [2.75, 3.05) is 31.5 Å². The highest BCUT2D eigenvalue weighted by molar-refractivity contribution is 5.97. The maximum Gasteiger partial charge on any atom is 0.335 e. The van der Waals surface area contributed by atoms with Gasteiger partial charge in [0.05, 0.1) is 11.6 Å². The Labute approximate surface area is 204 Å². The zero-order chi connectivity index (χ0) is 24.6. The molecule has 0 aliphatic carbocycles. The van der Waals surface area contributed by atoms with Crippen LogP contribution in [0.5, 0.6) is 0 Å². The molecule has 1 fully saturated rings. The van der Waals surface area contributed by atoms with Gasteiger partial charge in [-0.15, -0.1) is 0 Å². The van der Waals surface area contributed by atoms with Crippen LogP contribution in [0.15, 0.2) is 96.7 Å². The Hall–Kier alpha value is -4.41. The second-order valence-corrected chi connectivity index (χ2v) is 8.25. The largest absolute Gasteiger partial charge is 0.478 e. The first kappa shape index (κ1) is 23.7. The number of rotatable bonds is 7. The lowest BCUT2D eigenvalue weighted by Crippen LogP contribution is -2.50. The fraction of sp³-hybridized carbons (Fsp3) is 0.179. The van der Waals surface area contributed by atoms with E-state index < -0.39 is 5.97 Å². The molecule has 7 nitrogen and oxygen atoms in total. The minimum atomic E-state index is -1.05. The molecule has 176 valence electrons. The molecule has 1 aliphatic heterocycles. The molecule has 1 aliphatic rings. The molecule has 0 unspecified atom stereocenters. The lowest BCUT2D eigenvalue weighted by Gasteiger charge is -2.39. The zero-order valence-corrected chi connectivity index (χ0v) is 19.2. The SMILES string of the molecule is N#C/C(=C/Nc1cccc(C(=O)O)c1)C(=O)N1CCN(C(c2ccccc2)c2ccccc2)CC1. The van der Waals surface area contributed by atoms with Gasteiger partial charge in [-0.3, -0.25) is 9.69 Å². The van der Waals surface area contributed by atoms with Gasteiger partial charge in [-0.25, -0.2) is 4.79 Å². The molecular formula is C28H26N4O3. The number of nitriles is 1. The third-order valence-corrected chi connectivity index (χ3v) is 6.04. The molecule has 3 aromatic carbocycles. The molecule has 1 amide bonds. The summed E-state index contributed by atoms with van der Waals surface area (Å²) in [5.74, 6) is -1.39. The summed E-state index contributed by atoms with van der Waals surface area (Å²) in [5.41, 5.74) is 2.98. The van der Waals surface area contributed by atoms with Gasteiger partial charge in [0.2, 0.25) is 0 Å². The second-order valence-electron chi connectivity index (χ2n) is 8.25. The van der Waals surface area contributed by atoms with Gasteiger partial charge in [0, 0.05) is 38.1 Å². The summed E-state index contributed by atoms with van der Waals surface area (Å²) in [4.78, 5) is 28.2. The van der Waals surface area contributed by atoms with E-state index in [1.165, 1.54) is 29.5 Å². The molecule has 35 heavy (non-hydrogen) atoms. The van der Waals surface area contributed by atoms with Crippen LogP contribution < -0.4 is 5.32 Å². The number of carbonyl (C=O) groups is 2. The Morgan fingerprint density at radius 3 is 2.03 bits per heavy atom. The molecule has 0 atom stereocenters. The van der Waals surface area contributed by atoms with Crippen LogP contribution >= 0.6 is 0 Å². The number of piperazine rings is 1. The summed E-state index contributed by atoms with van der Waals surface area (Å²) < 4.78 is 0. The quantitative estimate of drug-likeness (QED) is 0.401. The summed E-state index contributed by atoms with van der Waals surface area (Å²) in [6.45, 7) is 2.35. The number of aromatic carboxylic acids is 1. The first-order chi connectivity index (χ1) is 17.1. The molecule has 7 heteroatoms. The van der Waals surface area contributed by atoms with Crippen LogP contribution in [0.3, 0.4) is 0 Å². The highest BCUT2D eigenvalue weighted by atomic mass is 16.4. The zero-order valence-electron chi connectivity index (χ0n) is 19.2. The van der Waals surface area contributed by atoms with E-state index in [1.54, 1.807) is 17.0 Å². The standard InChI is InChI=1S/C28H26N4O3/c29-19-24(20-30-25-13-7-12-23(18-25)28(34)35)27(33)32-16-14-31(15-17-32)26(21-8-3-1-4-9-21)22-10-5-2-6-11-22/h1-13,18,20,26,30H,14-17H2,(H,34,35)/b24-20-. The monoisotopic (exact) mass is 466 g/mol. The number of hydrogen-bond acceptors (Lipinski definition) is 5. The summed E-state index contributed by atoms with van der Waals surface area (Å²) in [7, 11) is 0. The highest BCUT2D eigenvalue weighted by Gasteiger charge is 2.29. The number of carboxylic acid groups (broad SMARTS) is 1. The van der Waals surface area contributed by atoms with Gasteiger partial charge in [-0.2, -0.15) is 5.26 Å². The Morgan fingerprint density at radius 2 is 1.49 bits per heavy atom. The molecular weight excluding hydrogens is 440 g/mol. The lowest BCUT2D eigenvalue weighted by atomic mass is 9.96. The van der Waals surface area contributed by atoms with E-state index in [9.17, 15) is 14.9 Å². The van der Waals surface area contributed by atoms with Crippen LogP contribution in [0.1, 0.15) is 27.5 Å². The summed E-state index contributed by atoms with van der Waals surface area (Å²) in [6, 6.07) is 28.9. The van der Waals surface area contributed by atoms with Crippen LogP contribution in [0, 0.1) is 11.3 Å². The van der Waals surface area contributed by atoms with Crippen LogP contribution in [0.4, 0.5) is 5.69 Å². The van der Waals surface area contributed by atoms with Crippen molar-refractivity contribution < 1.29 is 14.7 Å².